The topological polar surface area (TPSA) is 38.3 Å². The van der Waals surface area contributed by atoms with Gasteiger partial charge in [0.15, 0.2) is 0 Å². The molecule has 0 saturated heterocycles. The molecule has 1 aromatic rings. The van der Waals surface area contributed by atoms with Gasteiger partial charge in [-0.1, -0.05) is 38.3 Å². The third kappa shape index (κ3) is 5.32. The number of hydrogen-bond acceptors (Lipinski definition) is 3. The second kappa shape index (κ2) is 8.70. The standard InChI is InChI=1S/C15H23NO2/c1-3-4-5-6-11-16-12-13-7-9-14(10-8-13)15(17)18-2/h7-10,16H,3-6,11-12H2,1-2H3. The Morgan fingerprint density at radius 3 is 2.50 bits per heavy atom. The van der Waals surface area contributed by atoms with Gasteiger partial charge in [0.25, 0.3) is 0 Å². The number of unbranched alkanes of at least 4 members (excludes halogenated alkanes) is 3. The molecule has 100 valence electrons. The molecule has 3 heteroatoms. The molecule has 0 amide bonds. The van der Waals surface area contributed by atoms with Crippen molar-refractivity contribution in [3.63, 3.8) is 0 Å². The molecule has 0 unspecified atom stereocenters. The predicted molar refractivity (Wildman–Crippen MR) is 73.6 cm³/mol. The zero-order valence-electron chi connectivity index (χ0n) is 11.4. The second-order valence-electron chi connectivity index (χ2n) is 4.43. The van der Waals surface area contributed by atoms with Crippen LogP contribution < -0.4 is 5.32 Å². The highest BCUT2D eigenvalue weighted by Gasteiger charge is 2.03. The molecule has 0 heterocycles. The van der Waals surface area contributed by atoms with Crippen molar-refractivity contribution in [1.29, 1.82) is 0 Å². The first-order chi connectivity index (χ1) is 8.77. The van der Waals surface area contributed by atoms with Gasteiger partial charge in [0, 0.05) is 6.54 Å². The van der Waals surface area contributed by atoms with E-state index in [1.807, 2.05) is 12.1 Å². The molecule has 0 aromatic heterocycles. The van der Waals surface area contributed by atoms with Crippen molar-refractivity contribution >= 4 is 5.97 Å². The van der Waals surface area contributed by atoms with E-state index in [-0.39, 0.29) is 5.97 Å². The molecular weight excluding hydrogens is 226 g/mol. The van der Waals surface area contributed by atoms with Gasteiger partial charge < -0.3 is 10.1 Å². The number of benzene rings is 1. The number of methoxy groups -OCH3 is 1. The Hall–Kier alpha value is -1.35. The number of ether oxygens (including phenoxy) is 1. The van der Waals surface area contributed by atoms with Crippen molar-refractivity contribution in [2.24, 2.45) is 0 Å². The van der Waals surface area contributed by atoms with E-state index >= 15 is 0 Å². The summed E-state index contributed by atoms with van der Waals surface area (Å²) in [6.07, 6.45) is 5.11. The number of carbonyl (C=O) groups is 1. The molecule has 0 fully saturated rings. The maximum Gasteiger partial charge on any atom is 0.337 e. The van der Waals surface area contributed by atoms with Crippen molar-refractivity contribution in [3.8, 4) is 0 Å². The Kier molecular flexibility index (Phi) is 7.11. The van der Waals surface area contributed by atoms with Crippen molar-refractivity contribution < 1.29 is 9.53 Å². The quantitative estimate of drug-likeness (QED) is 0.568. The summed E-state index contributed by atoms with van der Waals surface area (Å²) in [6, 6.07) is 7.54. The highest BCUT2D eigenvalue weighted by atomic mass is 16.5. The number of hydrogen-bond donors (Lipinski definition) is 1. The molecule has 0 aliphatic carbocycles. The van der Waals surface area contributed by atoms with E-state index in [4.69, 9.17) is 0 Å². The Morgan fingerprint density at radius 2 is 1.89 bits per heavy atom. The van der Waals surface area contributed by atoms with Gasteiger partial charge in [-0.15, -0.1) is 0 Å². The molecule has 0 saturated carbocycles. The summed E-state index contributed by atoms with van der Waals surface area (Å²) in [7, 11) is 1.40. The third-order valence-corrected chi connectivity index (χ3v) is 2.91. The first-order valence-corrected chi connectivity index (χ1v) is 6.66. The molecule has 0 atom stereocenters. The summed E-state index contributed by atoms with van der Waals surface area (Å²) in [5.41, 5.74) is 1.79. The van der Waals surface area contributed by atoms with E-state index in [2.05, 4.69) is 17.0 Å². The number of rotatable bonds is 8. The van der Waals surface area contributed by atoms with Crippen LogP contribution in [-0.2, 0) is 11.3 Å². The average molecular weight is 249 g/mol. The number of carbonyl (C=O) groups excluding carboxylic acids is 1. The molecule has 0 radical (unpaired) electrons. The van der Waals surface area contributed by atoms with E-state index in [0.29, 0.717) is 5.56 Å². The van der Waals surface area contributed by atoms with Gasteiger partial charge >= 0.3 is 5.97 Å². The van der Waals surface area contributed by atoms with Crippen LogP contribution in [0.2, 0.25) is 0 Å². The zero-order valence-corrected chi connectivity index (χ0v) is 11.4. The summed E-state index contributed by atoms with van der Waals surface area (Å²) in [4.78, 5) is 11.2. The summed E-state index contributed by atoms with van der Waals surface area (Å²) in [5.74, 6) is -0.283. The molecular formula is C15H23NO2. The van der Waals surface area contributed by atoms with Gasteiger partial charge in [-0.25, -0.2) is 4.79 Å². The maximum atomic E-state index is 11.2. The van der Waals surface area contributed by atoms with Crippen molar-refractivity contribution in [2.45, 2.75) is 39.2 Å². The average Bonchev–Trinajstić information content (AvgIpc) is 2.42. The van der Waals surface area contributed by atoms with Gasteiger partial charge in [-0.05, 0) is 30.7 Å². The summed E-state index contributed by atoms with van der Waals surface area (Å²) in [5, 5.41) is 3.41. The van der Waals surface area contributed by atoms with Gasteiger partial charge in [0.1, 0.15) is 0 Å². The van der Waals surface area contributed by atoms with Gasteiger partial charge in [-0.3, -0.25) is 0 Å². The van der Waals surface area contributed by atoms with Crippen molar-refractivity contribution in [3.05, 3.63) is 35.4 Å². The van der Waals surface area contributed by atoms with E-state index in [0.717, 1.165) is 13.1 Å². The van der Waals surface area contributed by atoms with Crippen LogP contribution in [0.3, 0.4) is 0 Å². The van der Waals surface area contributed by atoms with Crippen LogP contribution in [0.4, 0.5) is 0 Å². The van der Waals surface area contributed by atoms with Crippen LogP contribution in [-0.4, -0.2) is 19.6 Å². The van der Waals surface area contributed by atoms with Gasteiger partial charge in [0.05, 0.1) is 12.7 Å². The van der Waals surface area contributed by atoms with Gasteiger partial charge in [-0.2, -0.15) is 0 Å². The fourth-order valence-electron chi connectivity index (χ4n) is 1.79. The van der Waals surface area contributed by atoms with Crippen molar-refractivity contribution in [2.75, 3.05) is 13.7 Å². The highest BCUT2D eigenvalue weighted by Crippen LogP contribution is 2.05. The van der Waals surface area contributed by atoms with Crippen LogP contribution in [0.5, 0.6) is 0 Å². The molecule has 1 N–H and O–H groups in total. The zero-order chi connectivity index (χ0) is 13.2. The van der Waals surface area contributed by atoms with Crippen LogP contribution in [0.15, 0.2) is 24.3 Å². The van der Waals surface area contributed by atoms with Crippen molar-refractivity contribution in [1.82, 2.24) is 5.32 Å². The Labute approximate surface area is 110 Å². The molecule has 1 rings (SSSR count). The fourth-order valence-corrected chi connectivity index (χ4v) is 1.79. The lowest BCUT2D eigenvalue weighted by molar-refractivity contribution is 0.0600. The molecule has 18 heavy (non-hydrogen) atoms. The first kappa shape index (κ1) is 14.7. The Bertz CT molecular complexity index is 346. The monoisotopic (exact) mass is 249 g/mol. The highest BCUT2D eigenvalue weighted by molar-refractivity contribution is 5.89. The lowest BCUT2D eigenvalue weighted by Gasteiger charge is -2.05. The number of esters is 1. The minimum atomic E-state index is -0.283. The molecule has 3 nitrogen and oxygen atoms in total. The van der Waals surface area contributed by atoms with Gasteiger partial charge in [0.2, 0.25) is 0 Å². The molecule has 1 aromatic carbocycles. The summed E-state index contributed by atoms with van der Waals surface area (Å²) in [6.45, 7) is 4.13. The van der Waals surface area contributed by atoms with E-state index in [9.17, 15) is 4.79 Å². The Morgan fingerprint density at radius 1 is 1.17 bits per heavy atom. The minimum absolute atomic E-state index is 0.283. The van der Waals surface area contributed by atoms with E-state index in [1.54, 1.807) is 12.1 Å². The lowest BCUT2D eigenvalue weighted by atomic mass is 10.1. The lowest BCUT2D eigenvalue weighted by Crippen LogP contribution is -2.14. The summed E-state index contributed by atoms with van der Waals surface area (Å²) >= 11 is 0. The SMILES string of the molecule is CCCCCCNCc1ccc(C(=O)OC)cc1. The normalized spacial score (nSPS) is 10.3. The molecule has 0 aliphatic rings. The van der Waals surface area contributed by atoms with E-state index in [1.165, 1.54) is 38.4 Å². The third-order valence-electron chi connectivity index (χ3n) is 2.91. The number of nitrogens with one attached hydrogen (secondary N) is 1. The first-order valence-electron chi connectivity index (χ1n) is 6.66. The fraction of sp³-hybridized carbons (Fsp3) is 0.533. The van der Waals surface area contributed by atoms with Crippen LogP contribution in [0.1, 0.15) is 48.5 Å². The summed E-state index contributed by atoms with van der Waals surface area (Å²) < 4.78 is 4.66. The predicted octanol–water partition coefficient (Wildman–Crippen LogP) is 3.14. The van der Waals surface area contributed by atoms with Crippen LogP contribution in [0.25, 0.3) is 0 Å². The molecule has 0 spiro atoms. The van der Waals surface area contributed by atoms with Crippen LogP contribution in [0, 0.1) is 0 Å². The van der Waals surface area contributed by atoms with E-state index < -0.39 is 0 Å². The smallest absolute Gasteiger partial charge is 0.337 e. The largest absolute Gasteiger partial charge is 0.465 e. The van der Waals surface area contributed by atoms with Crippen LogP contribution >= 0.6 is 0 Å². The molecule has 0 aliphatic heterocycles. The Balaban J connectivity index is 2.25. The maximum absolute atomic E-state index is 11.2. The second-order valence-corrected chi connectivity index (χ2v) is 4.43. The minimum Gasteiger partial charge on any atom is -0.465 e. The molecule has 0 bridgehead atoms.